The van der Waals surface area contributed by atoms with Gasteiger partial charge in [0.1, 0.15) is 0 Å². The minimum Gasteiger partial charge on any atom is -0.369 e. The first kappa shape index (κ1) is 19.8. The average Bonchev–Trinajstić information content (AvgIpc) is 2.98. The van der Waals surface area contributed by atoms with Crippen LogP contribution in [-0.4, -0.2) is 66.1 Å². The Balaban J connectivity index is 1.28. The van der Waals surface area contributed by atoms with Crippen LogP contribution in [0, 0.1) is 6.92 Å². The lowest BCUT2D eigenvalue weighted by molar-refractivity contribution is 0.0767. The molecule has 1 saturated heterocycles. The molecule has 0 N–H and O–H groups in total. The van der Waals surface area contributed by atoms with Gasteiger partial charge >= 0.3 is 0 Å². The van der Waals surface area contributed by atoms with E-state index in [0.717, 1.165) is 69.1 Å². The molecular weight excluding hydrogens is 360 g/mol. The molecule has 4 rings (SSSR count). The zero-order valence-corrected chi connectivity index (χ0v) is 17.7. The fourth-order valence-electron chi connectivity index (χ4n) is 4.51. The molecule has 1 amide bonds. The Morgan fingerprint density at radius 1 is 1.00 bits per heavy atom. The maximum absolute atomic E-state index is 13.1. The van der Waals surface area contributed by atoms with Gasteiger partial charge in [-0.2, -0.15) is 0 Å². The van der Waals surface area contributed by atoms with Crippen molar-refractivity contribution < 1.29 is 4.79 Å². The molecule has 2 aliphatic rings. The zero-order valence-electron chi connectivity index (χ0n) is 17.7. The molecule has 1 fully saturated rings. The second kappa shape index (κ2) is 8.87. The lowest BCUT2D eigenvalue weighted by atomic mass is 10.1. The molecule has 0 atom stereocenters. The first-order valence-electron chi connectivity index (χ1n) is 10.8. The number of carbonyl (C=O) groups is 1. The van der Waals surface area contributed by atoms with Crippen molar-refractivity contribution in [1.82, 2.24) is 14.4 Å². The zero-order chi connectivity index (χ0) is 20.2. The van der Waals surface area contributed by atoms with E-state index >= 15 is 0 Å². The summed E-state index contributed by atoms with van der Waals surface area (Å²) in [5, 5.41) is 0. The van der Waals surface area contributed by atoms with Gasteiger partial charge in [-0.15, -0.1) is 0 Å². The number of hydrogen-bond acceptors (Lipinski definition) is 3. The molecule has 2 aromatic rings. The Labute approximate surface area is 174 Å². The molecule has 0 spiro atoms. The second-order valence-corrected chi connectivity index (χ2v) is 8.03. The van der Waals surface area contributed by atoms with Crippen molar-refractivity contribution in [2.24, 2.45) is 0 Å². The number of nitrogens with zero attached hydrogens (tertiary/aromatic N) is 4. The van der Waals surface area contributed by atoms with E-state index in [1.54, 1.807) is 0 Å². The predicted molar refractivity (Wildman–Crippen MR) is 119 cm³/mol. The standard InChI is InChI=1S/C24H32N4O/c1-3-26-19-20(2)23-22(26)11-7-13-28(24(23)29)14-8-12-25-15-17-27(18-16-25)21-9-5-4-6-10-21/h4-7,9-11,19H,3,8,12-18H2,1-2H3. The second-order valence-electron chi connectivity index (χ2n) is 8.03. The normalized spacial score (nSPS) is 17.5. The summed E-state index contributed by atoms with van der Waals surface area (Å²) in [6, 6.07) is 10.7. The van der Waals surface area contributed by atoms with Gasteiger partial charge in [-0.25, -0.2) is 0 Å². The Hall–Kier alpha value is -2.53. The van der Waals surface area contributed by atoms with Crippen LogP contribution in [0.15, 0.2) is 42.6 Å². The number of aromatic nitrogens is 1. The van der Waals surface area contributed by atoms with Gasteiger partial charge in [0.25, 0.3) is 5.91 Å². The van der Waals surface area contributed by atoms with Gasteiger partial charge in [0.05, 0.1) is 11.3 Å². The van der Waals surface area contributed by atoms with Crippen molar-refractivity contribution in [2.75, 3.05) is 50.7 Å². The molecule has 5 heteroatoms. The van der Waals surface area contributed by atoms with Crippen LogP contribution in [0.25, 0.3) is 6.08 Å². The molecule has 0 saturated carbocycles. The highest BCUT2D eigenvalue weighted by molar-refractivity contribution is 5.99. The lowest BCUT2D eigenvalue weighted by Gasteiger charge is -2.36. The predicted octanol–water partition coefficient (Wildman–Crippen LogP) is 3.50. The largest absolute Gasteiger partial charge is 0.369 e. The summed E-state index contributed by atoms with van der Waals surface area (Å²) < 4.78 is 2.18. The average molecular weight is 393 g/mol. The van der Waals surface area contributed by atoms with Crippen LogP contribution in [-0.2, 0) is 6.54 Å². The molecule has 0 bridgehead atoms. The maximum atomic E-state index is 13.1. The number of amides is 1. The number of carbonyl (C=O) groups excluding carboxylic acids is 1. The summed E-state index contributed by atoms with van der Waals surface area (Å²) in [4.78, 5) is 20.1. The number of fused-ring (bicyclic) bond motifs is 1. The molecule has 3 heterocycles. The van der Waals surface area contributed by atoms with Crippen LogP contribution in [0.3, 0.4) is 0 Å². The summed E-state index contributed by atoms with van der Waals surface area (Å²) in [6.45, 7) is 12.0. The van der Waals surface area contributed by atoms with Crippen molar-refractivity contribution in [2.45, 2.75) is 26.8 Å². The van der Waals surface area contributed by atoms with Crippen LogP contribution in [0.5, 0.6) is 0 Å². The van der Waals surface area contributed by atoms with Crippen LogP contribution >= 0.6 is 0 Å². The molecule has 154 valence electrons. The number of anilines is 1. The quantitative estimate of drug-likeness (QED) is 0.754. The number of aryl methyl sites for hydroxylation is 2. The maximum Gasteiger partial charge on any atom is 0.256 e. The number of para-hydroxylation sites is 1. The highest BCUT2D eigenvalue weighted by atomic mass is 16.2. The number of benzene rings is 1. The third-order valence-corrected chi connectivity index (χ3v) is 6.15. The third-order valence-electron chi connectivity index (χ3n) is 6.15. The van der Waals surface area contributed by atoms with Crippen LogP contribution in [0.4, 0.5) is 5.69 Å². The molecular formula is C24H32N4O. The fraction of sp³-hybridized carbons (Fsp3) is 0.458. The van der Waals surface area contributed by atoms with E-state index in [1.807, 2.05) is 11.8 Å². The molecule has 5 nitrogen and oxygen atoms in total. The van der Waals surface area contributed by atoms with Gasteiger partial charge in [0.15, 0.2) is 0 Å². The summed E-state index contributed by atoms with van der Waals surface area (Å²) in [7, 11) is 0. The first-order valence-corrected chi connectivity index (χ1v) is 10.8. The highest BCUT2D eigenvalue weighted by Gasteiger charge is 2.25. The van der Waals surface area contributed by atoms with Crippen molar-refractivity contribution in [1.29, 1.82) is 0 Å². The monoisotopic (exact) mass is 392 g/mol. The minimum atomic E-state index is 0.184. The number of rotatable bonds is 6. The third kappa shape index (κ3) is 4.25. The molecule has 1 aromatic heterocycles. The van der Waals surface area contributed by atoms with Crippen LogP contribution < -0.4 is 4.90 Å². The van der Waals surface area contributed by atoms with E-state index in [1.165, 1.54) is 5.69 Å². The summed E-state index contributed by atoms with van der Waals surface area (Å²) in [5.74, 6) is 0.184. The Morgan fingerprint density at radius 3 is 2.48 bits per heavy atom. The van der Waals surface area contributed by atoms with E-state index in [9.17, 15) is 4.79 Å². The molecule has 2 aliphatic heterocycles. The van der Waals surface area contributed by atoms with Crippen molar-refractivity contribution in [3.05, 3.63) is 59.4 Å². The van der Waals surface area contributed by atoms with Gasteiger partial charge in [-0.05, 0) is 50.6 Å². The fourth-order valence-corrected chi connectivity index (χ4v) is 4.51. The van der Waals surface area contributed by atoms with Crippen molar-refractivity contribution in [3.63, 3.8) is 0 Å². The van der Waals surface area contributed by atoms with Gasteiger partial charge in [0.2, 0.25) is 0 Å². The van der Waals surface area contributed by atoms with E-state index in [0.29, 0.717) is 6.54 Å². The molecule has 29 heavy (non-hydrogen) atoms. The van der Waals surface area contributed by atoms with E-state index in [4.69, 9.17) is 0 Å². The van der Waals surface area contributed by atoms with Crippen LogP contribution in [0.1, 0.15) is 35.0 Å². The first-order chi connectivity index (χ1) is 14.2. The van der Waals surface area contributed by atoms with Crippen molar-refractivity contribution >= 4 is 17.7 Å². The van der Waals surface area contributed by atoms with Crippen molar-refractivity contribution in [3.8, 4) is 0 Å². The minimum absolute atomic E-state index is 0.184. The Bertz CT molecular complexity index is 863. The number of hydrogen-bond donors (Lipinski definition) is 0. The van der Waals surface area contributed by atoms with Gasteiger partial charge in [0, 0.05) is 57.7 Å². The SMILES string of the molecule is CCn1cc(C)c2c1C=CCN(CCCN1CCN(c3ccccc3)CC1)C2=O. The van der Waals surface area contributed by atoms with E-state index in [-0.39, 0.29) is 5.91 Å². The van der Waals surface area contributed by atoms with Gasteiger partial charge in [-0.3, -0.25) is 9.69 Å². The number of piperazine rings is 1. The molecule has 0 radical (unpaired) electrons. The molecule has 1 aromatic carbocycles. The van der Waals surface area contributed by atoms with E-state index in [2.05, 4.69) is 70.0 Å². The smallest absolute Gasteiger partial charge is 0.256 e. The lowest BCUT2D eigenvalue weighted by Crippen LogP contribution is -2.47. The van der Waals surface area contributed by atoms with Crippen LogP contribution in [0.2, 0.25) is 0 Å². The van der Waals surface area contributed by atoms with E-state index < -0.39 is 0 Å². The molecule has 0 aliphatic carbocycles. The van der Waals surface area contributed by atoms with Gasteiger partial charge in [-0.1, -0.05) is 24.3 Å². The molecule has 0 unspecified atom stereocenters. The Morgan fingerprint density at radius 2 is 1.76 bits per heavy atom. The summed E-state index contributed by atoms with van der Waals surface area (Å²) >= 11 is 0. The summed E-state index contributed by atoms with van der Waals surface area (Å²) in [6.07, 6.45) is 7.37. The highest BCUT2D eigenvalue weighted by Crippen LogP contribution is 2.23. The van der Waals surface area contributed by atoms with Gasteiger partial charge < -0.3 is 14.4 Å². The topological polar surface area (TPSA) is 31.7 Å². The Kier molecular flexibility index (Phi) is 6.05. The summed E-state index contributed by atoms with van der Waals surface area (Å²) in [5.41, 5.74) is 4.35.